The van der Waals surface area contributed by atoms with Gasteiger partial charge in [0.25, 0.3) is 5.91 Å². The predicted octanol–water partition coefficient (Wildman–Crippen LogP) is 3.54. The Kier molecular flexibility index (Phi) is 6.24. The molecule has 2 atom stereocenters. The van der Waals surface area contributed by atoms with Crippen LogP contribution in [0.15, 0.2) is 6.07 Å². The molecule has 1 aromatic heterocycles. The molecule has 0 bridgehead atoms. The highest BCUT2D eigenvalue weighted by Gasteiger charge is 2.23. The third kappa shape index (κ3) is 4.30. The van der Waals surface area contributed by atoms with E-state index in [4.69, 9.17) is 0 Å². The van der Waals surface area contributed by atoms with Crippen molar-refractivity contribution in [2.75, 3.05) is 6.54 Å². The molecule has 4 heteroatoms. The van der Waals surface area contributed by atoms with Crippen molar-refractivity contribution in [3.8, 4) is 0 Å². The topological polar surface area (TPSA) is 49.3 Å². The minimum Gasteiger partial charge on any atom is -0.393 e. The Morgan fingerprint density at radius 3 is 2.81 bits per heavy atom. The van der Waals surface area contributed by atoms with Crippen molar-refractivity contribution < 1.29 is 9.90 Å². The van der Waals surface area contributed by atoms with Crippen LogP contribution in [0.1, 0.15) is 66.1 Å². The zero-order chi connectivity index (χ0) is 15.2. The molecular weight excluding hydrogens is 282 g/mol. The van der Waals surface area contributed by atoms with Crippen LogP contribution < -0.4 is 5.32 Å². The summed E-state index contributed by atoms with van der Waals surface area (Å²) in [6, 6.07) is 2.04. The van der Waals surface area contributed by atoms with Gasteiger partial charge in [0.1, 0.15) is 0 Å². The van der Waals surface area contributed by atoms with Gasteiger partial charge in [-0.3, -0.25) is 4.79 Å². The Hall–Kier alpha value is -0.870. The molecule has 3 nitrogen and oxygen atoms in total. The summed E-state index contributed by atoms with van der Waals surface area (Å²) in [5, 5.41) is 13.0. The van der Waals surface area contributed by atoms with Gasteiger partial charge in [-0.1, -0.05) is 33.1 Å². The first kappa shape index (κ1) is 16.5. The number of aryl methyl sites for hydroxylation is 2. The minimum absolute atomic E-state index is 0.0230. The molecule has 1 amide bonds. The third-order valence-electron chi connectivity index (χ3n) is 4.37. The summed E-state index contributed by atoms with van der Waals surface area (Å²) in [5.74, 6) is 0.248. The summed E-state index contributed by atoms with van der Waals surface area (Å²) >= 11 is 1.63. The lowest BCUT2D eigenvalue weighted by Gasteiger charge is -2.27. The third-order valence-corrected chi connectivity index (χ3v) is 5.61. The van der Waals surface area contributed by atoms with E-state index in [-0.39, 0.29) is 17.9 Å². The SMILES string of the molecule is CCCc1sc(C(=O)NCC2CCCCC2O)cc1CC. The van der Waals surface area contributed by atoms with Crippen molar-refractivity contribution >= 4 is 17.2 Å². The van der Waals surface area contributed by atoms with Gasteiger partial charge in [-0.25, -0.2) is 0 Å². The van der Waals surface area contributed by atoms with Gasteiger partial charge in [-0.15, -0.1) is 11.3 Å². The number of aliphatic hydroxyl groups is 1. The number of carbonyl (C=O) groups is 1. The predicted molar refractivity (Wildman–Crippen MR) is 88.0 cm³/mol. The molecular formula is C17H27NO2S. The van der Waals surface area contributed by atoms with Gasteiger partial charge >= 0.3 is 0 Å². The van der Waals surface area contributed by atoms with E-state index >= 15 is 0 Å². The molecule has 0 aliphatic heterocycles. The van der Waals surface area contributed by atoms with E-state index in [0.29, 0.717) is 6.54 Å². The fourth-order valence-corrected chi connectivity index (χ4v) is 4.33. The number of thiophene rings is 1. The lowest BCUT2D eigenvalue weighted by atomic mass is 9.86. The van der Waals surface area contributed by atoms with E-state index in [1.54, 1.807) is 11.3 Å². The molecule has 2 N–H and O–H groups in total. The van der Waals surface area contributed by atoms with Gasteiger partial charge in [0.2, 0.25) is 0 Å². The van der Waals surface area contributed by atoms with Gasteiger partial charge in [-0.2, -0.15) is 0 Å². The fraction of sp³-hybridized carbons (Fsp3) is 0.706. The van der Waals surface area contributed by atoms with E-state index in [0.717, 1.165) is 49.8 Å². The Morgan fingerprint density at radius 2 is 2.14 bits per heavy atom. The van der Waals surface area contributed by atoms with Crippen molar-refractivity contribution in [3.63, 3.8) is 0 Å². The summed E-state index contributed by atoms with van der Waals surface area (Å²) in [6.07, 6.45) is 7.08. The lowest BCUT2D eigenvalue weighted by molar-refractivity contribution is 0.0664. The largest absolute Gasteiger partial charge is 0.393 e. The Morgan fingerprint density at radius 1 is 1.38 bits per heavy atom. The van der Waals surface area contributed by atoms with E-state index in [1.807, 2.05) is 6.07 Å². The van der Waals surface area contributed by atoms with Crippen LogP contribution in [0.25, 0.3) is 0 Å². The summed E-state index contributed by atoms with van der Waals surface area (Å²) < 4.78 is 0. The maximum absolute atomic E-state index is 12.3. The van der Waals surface area contributed by atoms with Crippen molar-refractivity contribution in [2.45, 2.75) is 64.9 Å². The van der Waals surface area contributed by atoms with Crippen molar-refractivity contribution in [2.24, 2.45) is 5.92 Å². The molecule has 1 fully saturated rings. The molecule has 1 heterocycles. The molecule has 0 aromatic carbocycles. The van der Waals surface area contributed by atoms with Crippen LogP contribution in [0.4, 0.5) is 0 Å². The van der Waals surface area contributed by atoms with E-state index in [9.17, 15) is 9.90 Å². The number of hydrogen-bond donors (Lipinski definition) is 2. The number of amides is 1. The van der Waals surface area contributed by atoms with Gasteiger partial charge in [0, 0.05) is 17.3 Å². The maximum atomic E-state index is 12.3. The fourth-order valence-electron chi connectivity index (χ4n) is 3.05. The molecule has 1 saturated carbocycles. The van der Waals surface area contributed by atoms with Crippen LogP contribution >= 0.6 is 11.3 Å². The molecule has 1 aromatic rings. The highest BCUT2D eigenvalue weighted by Crippen LogP contribution is 2.26. The van der Waals surface area contributed by atoms with Crippen LogP contribution in [0.3, 0.4) is 0 Å². The lowest BCUT2D eigenvalue weighted by Crippen LogP contribution is -2.36. The van der Waals surface area contributed by atoms with Crippen molar-refractivity contribution in [3.05, 3.63) is 21.4 Å². The molecule has 0 spiro atoms. The van der Waals surface area contributed by atoms with Crippen LogP contribution in [-0.2, 0) is 12.8 Å². The quantitative estimate of drug-likeness (QED) is 0.844. The summed E-state index contributed by atoms with van der Waals surface area (Å²) in [7, 11) is 0. The van der Waals surface area contributed by atoms with Gasteiger partial charge < -0.3 is 10.4 Å². The van der Waals surface area contributed by atoms with Crippen LogP contribution in [0.5, 0.6) is 0 Å². The molecule has 21 heavy (non-hydrogen) atoms. The first-order chi connectivity index (χ1) is 10.2. The van der Waals surface area contributed by atoms with Crippen molar-refractivity contribution in [1.29, 1.82) is 0 Å². The number of aliphatic hydroxyl groups excluding tert-OH is 1. The second-order valence-electron chi connectivity index (χ2n) is 5.98. The normalized spacial score (nSPS) is 22.2. The van der Waals surface area contributed by atoms with Crippen LogP contribution in [0.2, 0.25) is 0 Å². The molecule has 1 aliphatic rings. The average Bonchev–Trinajstić information content (AvgIpc) is 2.90. The molecule has 118 valence electrons. The molecule has 1 aliphatic carbocycles. The summed E-state index contributed by atoms with van der Waals surface area (Å²) in [5.41, 5.74) is 1.31. The van der Waals surface area contributed by atoms with Crippen LogP contribution in [-0.4, -0.2) is 23.7 Å². The molecule has 2 unspecified atom stereocenters. The highest BCUT2D eigenvalue weighted by molar-refractivity contribution is 7.14. The Bertz CT molecular complexity index is 469. The zero-order valence-electron chi connectivity index (χ0n) is 13.2. The average molecular weight is 309 g/mol. The maximum Gasteiger partial charge on any atom is 0.261 e. The Balaban J connectivity index is 1.93. The Labute approximate surface area is 131 Å². The number of hydrogen-bond acceptors (Lipinski definition) is 3. The second kappa shape index (κ2) is 7.95. The second-order valence-corrected chi connectivity index (χ2v) is 7.12. The molecule has 0 radical (unpaired) electrons. The van der Waals surface area contributed by atoms with E-state index in [2.05, 4.69) is 19.2 Å². The van der Waals surface area contributed by atoms with Crippen LogP contribution in [0, 0.1) is 5.92 Å². The first-order valence-corrected chi connectivity index (χ1v) is 9.05. The molecule has 0 saturated heterocycles. The molecule has 2 rings (SSSR count). The van der Waals surface area contributed by atoms with Gasteiger partial charge in [0.15, 0.2) is 0 Å². The van der Waals surface area contributed by atoms with Gasteiger partial charge in [-0.05, 0) is 37.3 Å². The van der Waals surface area contributed by atoms with E-state index < -0.39 is 0 Å². The standard InChI is InChI=1S/C17H27NO2S/c1-3-7-15-12(4-2)10-16(21-15)17(20)18-11-13-8-5-6-9-14(13)19/h10,13-14,19H,3-9,11H2,1-2H3,(H,18,20). The van der Waals surface area contributed by atoms with Crippen molar-refractivity contribution in [1.82, 2.24) is 5.32 Å². The summed E-state index contributed by atoms with van der Waals surface area (Å²) in [6.45, 7) is 4.91. The number of carbonyl (C=O) groups excluding carboxylic acids is 1. The van der Waals surface area contributed by atoms with E-state index in [1.165, 1.54) is 10.4 Å². The highest BCUT2D eigenvalue weighted by atomic mass is 32.1. The number of rotatable bonds is 6. The minimum atomic E-state index is -0.246. The first-order valence-electron chi connectivity index (χ1n) is 8.23. The smallest absolute Gasteiger partial charge is 0.261 e. The summed E-state index contributed by atoms with van der Waals surface area (Å²) in [4.78, 5) is 14.5. The zero-order valence-corrected chi connectivity index (χ0v) is 14.0. The van der Waals surface area contributed by atoms with Gasteiger partial charge in [0.05, 0.1) is 11.0 Å². The number of nitrogens with one attached hydrogen (secondary N) is 1. The monoisotopic (exact) mass is 309 g/mol.